The van der Waals surface area contributed by atoms with Crippen molar-refractivity contribution >= 4 is 47.4 Å². The molecule has 2 aromatic heterocycles. The predicted octanol–water partition coefficient (Wildman–Crippen LogP) is 4.36. The normalized spacial score (nSPS) is 23.7. The molecule has 0 unspecified atom stereocenters. The van der Waals surface area contributed by atoms with Crippen LogP contribution >= 0.6 is 7.75 Å². The largest absolute Gasteiger partial charge is 0.464 e. The van der Waals surface area contributed by atoms with Crippen LogP contribution in [0.25, 0.3) is 21.9 Å². The Morgan fingerprint density at radius 1 is 1.24 bits per heavy atom. The zero-order valence-electron chi connectivity index (χ0n) is 26.4. The molecule has 2 aromatic carbocycles. The van der Waals surface area contributed by atoms with Crippen LogP contribution in [-0.4, -0.2) is 74.8 Å². The molecular formula is C30H39FN7O7P. The van der Waals surface area contributed by atoms with Gasteiger partial charge in [0.15, 0.2) is 28.9 Å². The smallest absolute Gasteiger partial charge is 0.459 e. The van der Waals surface area contributed by atoms with Crippen molar-refractivity contribution in [1.82, 2.24) is 24.6 Å². The van der Waals surface area contributed by atoms with Gasteiger partial charge in [-0.15, -0.1) is 0 Å². The Morgan fingerprint density at radius 2 is 1.96 bits per heavy atom. The molecule has 16 heteroatoms. The summed E-state index contributed by atoms with van der Waals surface area (Å²) in [6.07, 6.45) is -3.18. The van der Waals surface area contributed by atoms with Crippen LogP contribution in [0.3, 0.4) is 0 Å². The lowest BCUT2D eigenvalue weighted by molar-refractivity contribution is -0.148. The van der Waals surface area contributed by atoms with Gasteiger partial charge in [-0.1, -0.05) is 57.2 Å². The SMILES string of the molecule is CNc1nc(N)nc2c1ncn2[C@@H]1O[C@H](CO[P@](=O)(N[C@@H](C)C(=O)OCC(C)(C)C)Oc2cccc3ccccc23)[C@@H](O)[C@@]1(C)F. The molecule has 6 atom stereocenters. The highest BCUT2D eigenvalue weighted by Gasteiger charge is 2.56. The van der Waals surface area contributed by atoms with E-state index in [9.17, 15) is 14.5 Å². The molecule has 1 aliphatic heterocycles. The zero-order chi connectivity index (χ0) is 33.4. The number of carbonyl (C=O) groups excluding carboxylic acids is 1. The van der Waals surface area contributed by atoms with Crippen LogP contribution < -0.4 is 20.7 Å². The number of hydrogen-bond acceptors (Lipinski definition) is 12. The monoisotopic (exact) mass is 659 g/mol. The molecule has 14 nitrogen and oxygen atoms in total. The molecule has 0 radical (unpaired) electrons. The Bertz CT molecular complexity index is 1770. The van der Waals surface area contributed by atoms with Crippen molar-refractivity contribution in [2.24, 2.45) is 5.41 Å². The Morgan fingerprint density at radius 3 is 2.67 bits per heavy atom. The number of aromatic nitrogens is 4. The first-order valence-electron chi connectivity index (χ1n) is 14.7. The van der Waals surface area contributed by atoms with Gasteiger partial charge in [-0.25, -0.2) is 13.9 Å². The van der Waals surface area contributed by atoms with Crippen LogP contribution in [-0.2, 0) is 23.4 Å². The van der Waals surface area contributed by atoms with Crippen LogP contribution in [0.15, 0.2) is 48.8 Å². The van der Waals surface area contributed by atoms with Crippen molar-refractivity contribution in [3.8, 4) is 5.75 Å². The van der Waals surface area contributed by atoms with E-state index in [1.54, 1.807) is 31.3 Å². The van der Waals surface area contributed by atoms with E-state index in [4.69, 9.17) is 24.3 Å². The summed E-state index contributed by atoms with van der Waals surface area (Å²) < 4.78 is 54.9. The van der Waals surface area contributed by atoms with E-state index in [0.717, 1.165) is 12.3 Å². The van der Waals surface area contributed by atoms with Gasteiger partial charge in [0.25, 0.3) is 0 Å². The lowest BCUT2D eigenvalue weighted by Crippen LogP contribution is -2.41. The second-order valence-electron chi connectivity index (χ2n) is 12.5. The first-order chi connectivity index (χ1) is 21.6. The van der Waals surface area contributed by atoms with Crippen molar-refractivity contribution in [1.29, 1.82) is 0 Å². The predicted molar refractivity (Wildman–Crippen MR) is 170 cm³/mol. The van der Waals surface area contributed by atoms with Crippen molar-refractivity contribution in [3.05, 3.63) is 48.8 Å². The van der Waals surface area contributed by atoms with Gasteiger partial charge in [0, 0.05) is 12.4 Å². The quantitative estimate of drug-likeness (QED) is 0.132. The Hall–Kier alpha value is -3.88. The number of anilines is 2. The van der Waals surface area contributed by atoms with Crippen molar-refractivity contribution < 1.29 is 37.4 Å². The molecule has 0 amide bonds. The minimum absolute atomic E-state index is 0.0784. The van der Waals surface area contributed by atoms with E-state index in [-0.39, 0.29) is 29.4 Å². The second kappa shape index (κ2) is 12.7. The van der Waals surface area contributed by atoms with E-state index >= 15 is 4.39 Å². The maximum Gasteiger partial charge on any atom is 0.459 e. The van der Waals surface area contributed by atoms with Gasteiger partial charge in [-0.05, 0) is 30.7 Å². The standard InChI is InChI=1S/C30H39FN7O7P/c1-17(26(40)42-15-29(2,3)4)37-46(41,45-20-13-9-11-18-10-7-8-12-19(18)20)43-14-21-23(39)30(5,31)27(44-21)38-16-34-22-24(33-6)35-28(32)36-25(22)38/h7-13,16-17,21,23,27,39H,14-15H2,1-6H3,(H,37,41)(H3,32,33,35,36)/t17-,21+,23+,27+,30+,46+/m0/s1. The minimum Gasteiger partial charge on any atom is -0.464 e. The van der Waals surface area contributed by atoms with Gasteiger partial charge in [0.2, 0.25) is 5.95 Å². The zero-order valence-corrected chi connectivity index (χ0v) is 27.3. The molecule has 0 aliphatic carbocycles. The fraction of sp³-hybridized carbons (Fsp3) is 0.467. The maximum absolute atomic E-state index is 16.2. The summed E-state index contributed by atoms with van der Waals surface area (Å²) in [6, 6.07) is 11.3. The number of alkyl halides is 1. The number of benzene rings is 2. The van der Waals surface area contributed by atoms with Crippen molar-refractivity contribution in [3.63, 3.8) is 0 Å². The number of imidazole rings is 1. The van der Waals surface area contributed by atoms with E-state index in [1.807, 2.05) is 39.0 Å². The molecule has 248 valence electrons. The number of esters is 1. The highest BCUT2D eigenvalue weighted by atomic mass is 31.2. The molecule has 1 aliphatic rings. The van der Waals surface area contributed by atoms with Crippen LogP contribution in [0.1, 0.15) is 40.8 Å². The molecule has 4 aromatic rings. The summed E-state index contributed by atoms with van der Waals surface area (Å²) >= 11 is 0. The fourth-order valence-electron chi connectivity index (χ4n) is 5.00. The van der Waals surface area contributed by atoms with Crippen molar-refractivity contribution in [2.75, 3.05) is 31.3 Å². The first kappa shape index (κ1) is 33.5. The van der Waals surface area contributed by atoms with Crippen molar-refractivity contribution in [2.45, 2.75) is 64.8 Å². The Labute approximate surface area is 265 Å². The minimum atomic E-state index is -4.41. The van der Waals surface area contributed by atoms with Crippen LogP contribution in [0.5, 0.6) is 5.75 Å². The number of nitrogens with two attached hydrogens (primary N) is 1. The number of nitrogens with zero attached hydrogens (tertiary/aromatic N) is 4. The summed E-state index contributed by atoms with van der Waals surface area (Å²) in [5.74, 6) is -0.214. The lowest BCUT2D eigenvalue weighted by atomic mass is 9.98. The highest BCUT2D eigenvalue weighted by molar-refractivity contribution is 7.52. The van der Waals surface area contributed by atoms with Gasteiger partial charge in [0.1, 0.15) is 24.0 Å². The van der Waals surface area contributed by atoms with E-state index in [1.165, 1.54) is 17.8 Å². The molecule has 5 rings (SSSR count). The molecule has 1 saturated heterocycles. The van der Waals surface area contributed by atoms with Gasteiger partial charge >= 0.3 is 13.7 Å². The Balaban J connectivity index is 1.40. The lowest BCUT2D eigenvalue weighted by Gasteiger charge is -2.26. The third kappa shape index (κ3) is 6.93. The van der Waals surface area contributed by atoms with Gasteiger partial charge < -0.3 is 30.2 Å². The summed E-state index contributed by atoms with van der Waals surface area (Å²) in [7, 11) is -2.78. The summed E-state index contributed by atoms with van der Waals surface area (Å²) in [4.78, 5) is 25.4. The van der Waals surface area contributed by atoms with Gasteiger partial charge in [-0.2, -0.15) is 15.1 Å². The number of aliphatic hydroxyl groups is 1. The number of nitrogens with one attached hydrogen (secondary N) is 2. The number of fused-ring (bicyclic) bond motifs is 2. The average Bonchev–Trinajstić information content (AvgIpc) is 3.51. The number of hydrogen-bond donors (Lipinski definition) is 4. The third-order valence-electron chi connectivity index (χ3n) is 7.37. The molecule has 3 heterocycles. The summed E-state index contributed by atoms with van der Waals surface area (Å²) in [5, 5.41) is 18.0. The molecule has 0 bridgehead atoms. The second-order valence-corrected chi connectivity index (χ2v) is 14.2. The Kier molecular flexibility index (Phi) is 9.26. The highest BCUT2D eigenvalue weighted by Crippen LogP contribution is 2.49. The number of rotatable bonds is 11. The number of halogens is 1. The maximum atomic E-state index is 16.2. The number of carbonyl (C=O) groups is 1. The average molecular weight is 660 g/mol. The molecular weight excluding hydrogens is 620 g/mol. The number of nitrogen functional groups attached to an aromatic ring is 1. The summed E-state index contributed by atoms with van der Waals surface area (Å²) in [5.41, 5.74) is 3.67. The van der Waals surface area contributed by atoms with Crippen LogP contribution in [0, 0.1) is 5.41 Å². The first-order valence-corrected chi connectivity index (χ1v) is 16.2. The summed E-state index contributed by atoms with van der Waals surface area (Å²) in [6.45, 7) is 7.88. The topological polar surface area (TPSA) is 185 Å². The van der Waals surface area contributed by atoms with E-state index < -0.39 is 50.5 Å². The van der Waals surface area contributed by atoms with E-state index in [0.29, 0.717) is 16.7 Å². The van der Waals surface area contributed by atoms with Crippen LogP contribution in [0.4, 0.5) is 16.2 Å². The molecule has 46 heavy (non-hydrogen) atoms. The molecule has 5 N–H and O–H groups in total. The number of aliphatic hydroxyl groups excluding tert-OH is 1. The number of ether oxygens (including phenoxy) is 2. The fourth-order valence-corrected chi connectivity index (χ4v) is 6.52. The molecule has 0 spiro atoms. The van der Waals surface area contributed by atoms with Crippen LogP contribution in [0.2, 0.25) is 0 Å². The third-order valence-corrected chi connectivity index (χ3v) is 9.00. The molecule has 0 saturated carbocycles. The molecule has 1 fully saturated rings. The van der Waals surface area contributed by atoms with Gasteiger partial charge in [0.05, 0.1) is 19.5 Å². The van der Waals surface area contributed by atoms with Gasteiger partial charge in [-0.3, -0.25) is 13.9 Å². The van der Waals surface area contributed by atoms with E-state index in [2.05, 4.69) is 25.4 Å².